The minimum absolute atomic E-state index is 0.134. The summed E-state index contributed by atoms with van der Waals surface area (Å²) in [5, 5.41) is 4.34. The van der Waals surface area contributed by atoms with E-state index in [0.717, 1.165) is 36.5 Å². The van der Waals surface area contributed by atoms with Crippen LogP contribution in [-0.4, -0.2) is 56.7 Å². The van der Waals surface area contributed by atoms with Gasteiger partial charge in [0, 0.05) is 45.0 Å². The number of carbonyl (C=O) groups excluding carboxylic acids is 1. The highest BCUT2D eigenvalue weighted by atomic mass is 16.2. The molecule has 1 aromatic carbocycles. The number of nitrogens with zero attached hydrogens (tertiary/aromatic N) is 5. The molecule has 0 N–H and O–H groups in total. The van der Waals surface area contributed by atoms with Gasteiger partial charge in [-0.05, 0) is 30.7 Å². The highest BCUT2D eigenvalue weighted by Gasteiger charge is 2.23. The van der Waals surface area contributed by atoms with Crippen LogP contribution in [0.25, 0.3) is 0 Å². The Morgan fingerprint density at radius 3 is 2.40 bits per heavy atom. The molecule has 1 aliphatic rings. The third kappa shape index (κ3) is 4.80. The molecular weight excluding hydrogens is 378 g/mol. The van der Waals surface area contributed by atoms with Gasteiger partial charge in [0.05, 0.1) is 12.2 Å². The van der Waals surface area contributed by atoms with Gasteiger partial charge in [-0.2, -0.15) is 5.10 Å². The molecule has 2 aromatic heterocycles. The van der Waals surface area contributed by atoms with Gasteiger partial charge in [0.1, 0.15) is 5.69 Å². The maximum Gasteiger partial charge on any atom is 0.274 e. The molecule has 0 aliphatic carbocycles. The summed E-state index contributed by atoms with van der Waals surface area (Å²) in [6.45, 7) is 5.97. The van der Waals surface area contributed by atoms with E-state index < -0.39 is 0 Å². The molecule has 4 rings (SSSR count). The molecule has 0 unspecified atom stereocenters. The molecule has 1 amide bonds. The van der Waals surface area contributed by atoms with E-state index >= 15 is 0 Å². The van der Waals surface area contributed by atoms with Crippen molar-refractivity contribution in [1.82, 2.24) is 24.6 Å². The van der Waals surface area contributed by atoms with Gasteiger partial charge in [0.2, 0.25) is 0 Å². The van der Waals surface area contributed by atoms with E-state index in [1.165, 1.54) is 16.8 Å². The molecule has 7 nitrogen and oxygen atoms in total. The molecule has 1 saturated heterocycles. The zero-order chi connectivity index (χ0) is 20.9. The second-order valence-corrected chi connectivity index (χ2v) is 7.59. The molecule has 0 atom stereocenters. The molecule has 0 radical (unpaired) electrons. The first-order chi connectivity index (χ1) is 14.6. The lowest BCUT2D eigenvalue weighted by Gasteiger charge is -2.34. The Morgan fingerprint density at radius 1 is 0.933 bits per heavy atom. The van der Waals surface area contributed by atoms with Crippen molar-refractivity contribution in [2.75, 3.05) is 26.2 Å². The van der Waals surface area contributed by atoms with Crippen LogP contribution >= 0.6 is 0 Å². The highest BCUT2D eigenvalue weighted by Crippen LogP contribution is 2.10. The lowest BCUT2D eigenvalue weighted by atomic mass is 10.1. The number of piperazine rings is 1. The molecule has 1 fully saturated rings. The van der Waals surface area contributed by atoms with Crippen molar-refractivity contribution in [3.8, 4) is 0 Å². The molecule has 0 bridgehead atoms. The molecule has 0 spiro atoms. The van der Waals surface area contributed by atoms with Gasteiger partial charge >= 0.3 is 0 Å². The van der Waals surface area contributed by atoms with Crippen molar-refractivity contribution in [2.45, 2.75) is 20.0 Å². The maximum absolute atomic E-state index is 12.9. The van der Waals surface area contributed by atoms with Crippen molar-refractivity contribution in [3.63, 3.8) is 0 Å². The molecule has 3 heterocycles. The van der Waals surface area contributed by atoms with Gasteiger partial charge in [0.25, 0.3) is 11.5 Å². The van der Waals surface area contributed by atoms with Crippen molar-refractivity contribution in [1.29, 1.82) is 0 Å². The number of benzene rings is 1. The average Bonchev–Trinajstić information content (AvgIpc) is 2.77. The quantitative estimate of drug-likeness (QED) is 0.651. The Kier molecular flexibility index (Phi) is 5.99. The topological polar surface area (TPSA) is 71.3 Å². The Morgan fingerprint density at radius 2 is 1.70 bits per heavy atom. The summed E-state index contributed by atoms with van der Waals surface area (Å²) >= 11 is 0. The largest absolute Gasteiger partial charge is 0.335 e. The summed E-state index contributed by atoms with van der Waals surface area (Å²) in [4.78, 5) is 33.6. The van der Waals surface area contributed by atoms with E-state index in [-0.39, 0.29) is 11.5 Å². The van der Waals surface area contributed by atoms with Crippen molar-refractivity contribution < 1.29 is 4.79 Å². The van der Waals surface area contributed by atoms with Crippen molar-refractivity contribution in [3.05, 3.63) is 93.7 Å². The van der Waals surface area contributed by atoms with Gasteiger partial charge in [-0.25, -0.2) is 4.68 Å². The highest BCUT2D eigenvalue weighted by molar-refractivity contribution is 5.92. The van der Waals surface area contributed by atoms with Gasteiger partial charge < -0.3 is 4.90 Å². The number of hydrogen-bond acceptors (Lipinski definition) is 5. The summed E-state index contributed by atoms with van der Waals surface area (Å²) in [5.41, 5.74) is 3.25. The van der Waals surface area contributed by atoms with Crippen LogP contribution in [0.1, 0.15) is 27.3 Å². The molecule has 0 saturated carbocycles. The van der Waals surface area contributed by atoms with Crippen LogP contribution < -0.4 is 5.56 Å². The second kappa shape index (κ2) is 9.00. The molecule has 3 aromatic rings. The minimum Gasteiger partial charge on any atom is -0.335 e. The van der Waals surface area contributed by atoms with Gasteiger partial charge in [-0.3, -0.25) is 19.5 Å². The molecule has 7 heteroatoms. The third-order valence-corrected chi connectivity index (χ3v) is 5.31. The Bertz CT molecular complexity index is 1050. The van der Waals surface area contributed by atoms with E-state index in [4.69, 9.17) is 0 Å². The second-order valence-electron chi connectivity index (χ2n) is 7.59. The van der Waals surface area contributed by atoms with E-state index in [2.05, 4.69) is 15.0 Å². The zero-order valence-electron chi connectivity index (χ0n) is 17.1. The molecular formula is C23H25N5O2. The first kappa shape index (κ1) is 20.0. The van der Waals surface area contributed by atoms with Gasteiger partial charge in [0.15, 0.2) is 0 Å². The van der Waals surface area contributed by atoms with Crippen LogP contribution in [0.2, 0.25) is 0 Å². The predicted molar refractivity (Wildman–Crippen MR) is 114 cm³/mol. The van der Waals surface area contributed by atoms with E-state index in [9.17, 15) is 9.59 Å². The summed E-state index contributed by atoms with van der Waals surface area (Å²) in [6, 6.07) is 16.8. The minimum atomic E-state index is -0.215. The normalized spacial score (nSPS) is 14.6. The summed E-state index contributed by atoms with van der Waals surface area (Å²) in [5.74, 6) is -0.134. The molecule has 1 aliphatic heterocycles. The fourth-order valence-corrected chi connectivity index (χ4v) is 3.53. The van der Waals surface area contributed by atoms with Crippen molar-refractivity contribution in [2.24, 2.45) is 0 Å². The van der Waals surface area contributed by atoms with E-state index in [1.54, 1.807) is 11.1 Å². The number of carbonyl (C=O) groups is 1. The number of pyridine rings is 1. The zero-order valence-corrected chi connectivity index (χ0v) is 17.1. The SMILES string of the molecule is Cc1ccc(Cn2nc(C(=O)N3CCN(Cc4ccccn4)CC3)ccc2=O)cc1. The van der Waals surface area contributed by atoms with Crippen LogP contribution in [0, 0.1) is 6.92 Å². The standard InChI is InChI=1S/C23H25N5O2/c1-18-5-7-19(8-6-18)16-28-22(29)10-9-21(25-28)23(30)27-14-12-26(13-15-27)17-20-4-2-3-11-24-20/h2-11H,12-17H2,1H3. The smallest absolute Gasteiger partial charge is 0.274 e. The Balaban J connectivity index is 1.40. The third-order valence-electron chi connectivity index (χ3n) is 5.31. The molecule has 154 valence electrons. The van der Waals surface area contributed by atoms with Gasteiger partial charge in [-0.15, -0.1) is 0 Å². The van der Waals surface area contributed by atoms with Crippen LogP contribution in [0.15, 0.2) is 65.6 Å². The Labute approximate surface area is 175 Å². The predicted octanol–water partition coefficient (Wildman–Crippen LogP) is 1.95. The number of hydrogen-bond donors (Lipinski definition) is 0. The first-order valence-corrected chi connectivity index (χ1v) is 10.1. The fraction of sp³-hybridized carbons (Fsp3) is 0.304. The van der Waals surface area contributed by atoms with Gasteiger partial charge in [-0.1, -0.05) is 35.9 Å². The summed E-state index contributed by atoms with van der Waals surface area (Å²) in [7, 11) is 0. The van der Waals surface area contributed by atoms with Crippen LogP contribution in [-0.2, 0) is 13.1 Å². The fourth-order valence-electron chi connectivity index (χ4n) is 3.53. The maximum atomic E-state index is 12.9. The van der Waals surface area contributed by atoms with Crippen molar-refractivity contribution >= 4 is 5.91 Å². The average molecular weight is 403 g/mol. The van der Waals surface area contributed by atoms with Crippen LogP contribution in [0.5, 0.6) is 0 Å². The number of rotatable bonds is 5. The van der Waals surface area contributed by atoms with Crippen LogP contribution in [0.3, 0.4) is 0 Å². The van der Waals surface area contributed by atoms with E-state index in [0.29, 0.717) is 25.3 Å². The Hall–Kier alpha value is -3.32. The summed E-state index contributed by atoms with van der Waals surface area (Å²) in [6.07, 6.45) is 1.80. The number of amides is 1. The lowest BCUT2D eigenvalue weighted by Crippen LogP contribution is -2.48. The summed E-state index contributed by atoms with van der Waals surface area (Å²) < 4.78 is 1.36. The van der Waals surface area contributed by atoms with Crippen LogP contribution in [0.4, 0.5) is 0 Å². The lowest BCUT2D eigenvalue weighted by molar-refractivity contribution is 0.0618. The number of aromatic nitrogens is 3. The molecule has 30 heavy (non-hydrogen) atoms. The monoisotopic (exact) mass is 403 g/mol. The number of aryl methyl sites for hydroxylation is 1. The van der Waals surface area contributed by atoms with E-state index in [1.807, 2.05) is 49.4 Å². The first-order valence-electron chi connectivity index (χ1n) is 10.1.